The van der Waals surface area contributed by atoms with Gasteiger partial charge in [0.1, 0.15) is 0 Å². The van der Waals surface area contributed by atoms with Gasteiger partial charge in [0.2, 0.25) is 0 Å². The fourth-order valence-corrected chi connectivity index (χ4v) is 4.32. The molecular weight excluding hydrogens is 488 g/mol. The maximum atomic E-state index is 12.9. The van der Waals surface area contributed by atoms with Crippen molar-refractivity contribution >= 4 is 63.8 Å². The molecule has 8 nitrogen and oxygen atoms in total. The van der Waals surface area contributed by atoms with Gasteiger partial charge in [-0.15, -0.1) is 0 Å². The van der Waals surface area contributed by atoms with Crippen molar-refractivity contribution in [2.75, 3.05) is 13.2 Å². The van der Waals surface area contributed by atoms with Crippen LogP contribution in [0.15, 0.2) is 41.3 Å². The molecule has 0 saturated carbocycles. The lowest BCUT2D eigenvalue weighted by molar-refractivity contribution is -0.139. The van der Waals surface area contributed by atoms with Gasteiger partial charge >= 0.3 is 5.97 Å². The number of hydrogen-bond donors (Lipinski definition) is 2. The van der Waals surface area contributed by atoms with Crippen LogP contribution in [0, 0.1) is 6.92 Å². The Kier molecular flexibility index (Phi) is 7.96. The third-order valence-corrected chi connectivity index (χ3v) is 5.91. The largest absolute Gasteiger partial charge is 0.490 e. The zero-order valence-corrected chi connectivity index (χ0v) is 20.0. The van der Waals surface area contributed by atoms with E-state index >= 15 is 0 Å². The summed E-state index contributed by atoms with van der Waals surface area (Å²) in [6.07, 6.45) is 1.59. The van der Waals surface area contributed by atoms with Crippen LogP contribution in [0.3, 0.4) is 0 Å². The number of halogens is 1. The van der Waals surface area contributed by atoms with Crippen molar-refractivity contribution < 1.29 is 29.0 Å². The Bertz CT molecular complexity index is 1170. The summed E-state index contributed by atoms with van der Waals surface area (Å²) in [7, 11) is 0. The Labute approximate surface area is 204 Å². The Balaban J connectivity index is 1.79. The molecule has 1 aliphatic heterocycles. The van der Waals surface area contributed by atoms with Crippen LogP contribution in [-0.2, 0) is 9.59 Å². The van der Waals surface area contributed by atoms with Crippen LogP contribution in [0.5, 0.6) is 11.5 Å². The highest BCUT2D eigenvalue weighted by Gasteiger charge is 2.34. The standard InChI is InChI=1S/C22H19ClN2O6S2/c1-3-30-17-9-13(5-7-16(17)31-11-19(26)27)10-18-21(29)25(22(32)33-18)24-20(28)14-6-4-12(2)8-15(14)23/h4-10H,3,11H2,1-2H3,(H,24,28)(H,26,27)/b18-10+. The van der Waals surface area contributed by atoms with Gasteiger partial charge in [0, 0.05) is 0 Å². The van der Waals surface area contributed by atoms with E-state index in [4.69, 9.17) is 38.4 Å². The van der Waals surface area contributed by atoms with Crippen LogP contribution in [0.1, 0.15) is 28.4 Å². The fraction of sp³-hybridized carbons (Fsp3) is 0.182. The minimum atomic E-state index is -1.11. The first-order chi connectivity index (χ1) is 15.7. The topological polar surface area (TPSA) is 105 Å². The fourth-order valence-electron chi connectivity index (χ4n) is 2.82. The number of hydrogen-bond acceptors (Lipinski definition) is 7. The molecule has 1 heterocycles. The van der Waals surface area contributed by atoms with Crippen LogP contribution in [0.25, 0.3) is 6.08 Å². The number of nitrogens with zero attached hydrogens (tertiary/aromatic N) is 1. The Hall–Kier alpha value is -3.08. The molecule has 2 aromatic rings. The van der Waals surface area contributed by atoms with Crippen molar-refractivity contribution in [1.29, 1.82) is 0 Å². The molecule has 0 radical (unpaired) electrons. The number of benzene rings is 2. The molecule has 2 aromatic carbocycles. The number of thiocarbonyl (C=S) groups is 1. The molecule has 0 bridgehead atoms. The van der Waals surface area contributed by atoms with Gasteiger partial charge in [0.15, 0.2) is 22.4 Å². The molecule has 1 saturated heterocycles. The lowest BCUT2D eigenvalue weighted by Crippen LogP contribution is -2.44. The van der Waals surface area contributed by atoms with E-state index in [9.17, 15) is 14.4 Å². The monoisotopic (exact) mass is 506 g/mol. The number of hydrazine groups is 1. The number of carboxylic acids is 1. The molecule has 3 rings (SSSR count). The number of carbonyl (C=O) groups excluding carboxylic acids is 2. The van der Waals surface area contributed by atoms with Gasteiger partial charge in [0.25, 0.3) is 11.8 Å². The van der Waals surface area contributed by atoms with Crippen LogP contribution in [0.2, 0.25) is 5.02 Å². The number of nitrogens with one attached hydrogen (secondary N) is 1. The van der Waals surface area contributed by atoms with E-state index in [1.165, 1.54) is 0 Å². The summed E-state index contributed by atoms with van der Waals surface area (Å²) in [5.74, 6) is -1.56. The van der Waals surface area contributed by atoms with E-state index in [-0.39, 0.29) is 25.6 Å². The predicted octanol–water partition coefficient (Wildman–Crippen LogP) is 4.06. The first-order valence-corrected chi connectivity index (χ1v) is 11.3. The third-order valence-electron chi connectivity index (χ3n) is 4.29. The van der Waals surface area contributed by atoms with Gasteiger partial charge in [-0.2, -0.15) is 5.01 Å². The van der Waals surface area contributed by atoms with E-state index < -0.39 is 24.4 Å². The maximum Gasteiger partial charge on any atom is 0.341 e. The molecule has 0 aliphatic carbocycles. The van der Waals surface area contributed by atoms with Gasteiger partial charge < -0.3 is 14.6 Å². The number of thioether (sulfide) groups is 1. The van der Waals surface area contributed by atoms with Gasteiger partial charge in [-0.05, 0) is 67.5 Å². The summed E-state index contributed by atoms with van der Waals surface area (Å²) in [6, 6.07) is 9.80. The van der Waals surface area contributed by atoms with Gasteiger partial charge in [-0.3, -0.25) is 15.0 Å². The molecule has 0 spiro atoms. The molecule has 2 N–H and O–H groups in total. The number of ether oxygens (including phenoxy) is 2. The molecule has 0 atom stereocenters. The summed E-state index contributed by atoms with van der Waals surface area (Å²) in [5, 5.41) is 10.1. The van der Waals surface area contributed by atoms with E-state index in [2.05, 4.69) is 5.43 Å². The third kappa shape index (κ3) is 6.04. The van der Waals surface area contributed by atoms with Crippen molar-refractivity contribution in [2.45, 2.75) is 13.8 Å². The number of rotatable bonds is 8. The molecule has 2 amide bonds. The predicted molar refractivity (Wildman–Crippen MR) is 129 cm³/mol. The second-order valence-electron chi connectivity index (χ2n) is 6.76. The number of carboxylic acid groups (broad SMARTS) is 1. The number of amides is 2. The number of aliphatic carboxylic acids is 1. The SMILES string of the molecule is CCOc1cc(/C=C2/SC(=S)N(NC(=O)c3ccc(C)cc3Cl)C2=O)ccc1OCC(=O)O. The quantitative estimate of drug-likeness (QED) is 0.408. The zero-order valence-electron chi connectivity index (χ0n) is 17.6. The van der Waals surface area contributed by atoms with Gasteiger partial charge in [-0.1, -0.05) is 35.5 Å². The second kappa shape index (κ2) is 10.7. The highest BCUT2D eigenvalue weighted by molar-refractivity contribution is 8.26. The highest BCUT2D eigenvalue weighted by Crippen LogP contribution is 2.34. The summed E-state index contributed by atoms with van der Waals surface area (Å²) in [6.45, 7) is 3.45. The van der Waals surface area contributed by atoms with Crippen molar-refractivity contribution in [3.05, 3.63) is 63.0 Å². The minimum Gasteiger partial charge on any atom is -0.490 e. The van der Waals surface area contributed by atoms with Crippen molar-refractivity contribution in [3.8, 4) is 11.5 Å². The first kappa shape index (κ1) is 24.6. The van der Waals surface area contributed by atoms with Gasteiger partial charge in [0.05, 0.1) is 22.1 Å². The van der Waals surface area contributed by atoms with Crippen molar-refractivity contribution in [3.63, 3.8) is 0 Å². The highest BCUT2D eigenvalue weighted by atomic mass is 35.5. The molecule has 1 fully saturated rings. The summed E-state index contributed by atoms with van der Waals surface area (Å²) < 4.78 is 10.9. The summed E-state index contributed by atoms with van der Waals surface area (Å²) in [4.78, 5) is 36.5. The number of aryl methyl sites for hydroxylation is 1. The number of carbonyl (C=O) groups is 3. The lowest BCUT2D eigenvalue weighted by atomic mass is 10.1. The summed E-state index contributed by atoms with van der Waals surface area (Å²) in [5.41, 5.74) is 4.22. The minimum absolute atomic E-state index is 0.161. The second-order valence-corrected chi connectivity index (χ2v) is 8.85. The molecule has 1 aliphatic rings. The smallest absolute Gasteiger partial charge is 0.341 e. The Morgan fingerprint density at radius 3 is 2.64 bits per heavy atom. The lowest BCUT2D eigenvalue weighted by Gasteiger charge is -2.16. The summed E-state index contributed by atoms with van der Waals surface area (Å²) >= 11 is 12.4. The van der Waals surface area contributed by atoms with Crippen LogP contribution in [0.4, 0.5) is 0 Å². The normalized spacial score (nSPS) is 14.5. The van der Waals surface area contributed by atoms with Crippen molar-refractivity contribution in [2.24, 2.45) is 0 Å². The maximum absolute atomic E-state index is 12.9. The molecule has 172 valence electrons. The van der Waals surface area contributed by atoms with Gasteiger partial charge in [-0.25, -0.2) is 4.79 Å². The molecule has 0 aromatic heterocycles. The Morgan fingerprint density at radius 1 is 1.21 bits per heavy atom. The Morgan fingerprint density at radius 2 is 1.97 bits per heavy atom. The average Bonchev–Trinajstić information content (AvgIpc) is 3.00. The van der Waals surface area contributed by atoms with Crippen molar-refractivity contribution in [1.82, 2.24) is 10.4 Å². The van der Waals surface area contributed by atoms with Crippen LogP contribution in [-0.4, -0.2) is 45.4 Å². The van der Waals surface area contributed by atoms with E-state index in [0.717, 1.165) is 22.3 Å². The molecular formula is C22H19ClN2O6S2. The van der Waals surface area contributed by atoms with E-state index in [1.807, 2.05) is 6.92 Å². The van der Waals surface area contributed by atoms with E-state index in [0.29, 0.717) is 17.9 Å². The average molecular weight is 507 g/mol. The first-order valence-electron chi connectivity index (χ1n) is 9.66. The van der Waals surface area contributed by atoms with Crippen LogP contribution < -0.4 is 14.9 Å². The molecule has 33 heavy (non-hydrogen) atoms. The van der Waals surface area contributed by atoms with E-state index in [1.54, 1.807) is 49.4 Å². The van der Waals surface area contributed by atoms with Crippen LogP contribution >= 0.6 is 35.6 Å². The molecule has 11 heteroatoms. The molecule has 0 unspecified atom stereocenters. The zero-order chi connectivity index (χ0) is 24.1.